The Kier molecular flexibility index (Phi) is 7.28. The van der Waals surface area contributed by atoms with Gasteiger partial charge in [0.25, 0.3) is 0 Å². The third-order valence-corrected chi connectivity index (χ3v) is 8.88. The molecule has 0 saturated heterocycles. The Morgan fingerprint density at radius 3 is 2.28 bits per heavy atom. The smallest absolute Gasteiger partial charge is 0.306 e. The Balaban J connectivity index is 1.54. The number of nitrogens with two attached hydrogens (primary N) is 1. The molecular formula is C30H28N2O10S. The number of fused-ring (bicyclic) bond motifs is 3. The first-order valence-corrected chi connectivity index (χ1v) is 15.1. The standard InChI is InChI=1S/C30H28N2O10S/c1-32(2)24-19-13-16-12-18-15(7-4-14-5-9-17(10-6-14)42-43(3,40)41)8-11-20(33)22(18)25(34)21(16)27(36)30(19,39)28(37)23(26(24)35)29(31)38/h5-6,8-11,16,19,21,23-24,33,39H,12-13H2,1-3H3,(H2,31,38)/t16-,19-,21?,23?,24-,30-/m0/s1. The zero-order valence-electron chi connectivity index (χ0n) is 23.4. The molecule has 224 valence electrons. The molecule has 1 amide bonds. The normalized spacial score (nSPS) is 28.3. The summed E-state index contributed by atoms with van der Waals surface area (Å²) in [6, 6.07) is 7.52. The minimum atomic E-state index is -3.70. The van der Waals surface area contributed by atoms with Crippen LogP contribution in [-0.2, 0) is 35.7 Å². The topological polar surface area (TPSA) is 198 Å². The molecule has 13 heteroatoms. The summed E-state index contributed by atoms with van der Waals surface area (Å²) >= 11 is 0. The lowest BCUT2D eigenvalue weighted by Gasteiger charge is -2.52. The fraction of sp³-hybridized carbons (Fsp3) is 0.367. The number of phenolic OH excluding ortho intramolecular Hbond substituents is 1. The fourth-order valence-corrected chi connectivity index (χ4v) is 7.09. The Morgan fingerprint density at radius 1 is 1.05 bits per heavy atom. The summed E-state index contributed by atoms with van der Waals surface area (Å²) in [5.41, 5.74) is 3.64. The van der Waals surface area contributed by atoms with Crippen LogP contribution in [0.4, 0.5) is 0 Å². The van der Waals surface area contributed by atoms with E-state index < -0.39 is 80.2 Å². The average Bonchev–Trinajstić information content (AvgIpc) is 2.90. The van der Waals surface area contributed by atoms with Crippen molar-refractivity contribution in [2.75, 3.05) is 20.4 Å². The number of phenols is 1. The number of hydrogen-bond acceptors (Lipinski definition) is 11. The molecule has 6 atom stereocenters. The van der Waals surface area contributed by atoms with Gasteiger partial charge in [-0.2, -0.15) is 8.42 Å². The van der Waals surface area contributed by atoms with Crippen molar-refractivity contribution in [1.82, 2.24) is 4.90 Å². The van der Waals surface area contributed by atoms with Crippen LogP contribution in [0.5, 0.6) is 11.5 Å². The third-order valence-electron chi connectivity index (χ3n) is 8.39. The van der Waals surface area contributed by atoms with E-state index >= 15 is 0 Å². The predicted molar refractivity (Wildman–Crippen MR) is 149 cm³/mol. The summed E-state index contributed by atoms with van der Waals surface area (Å²) in [6.07, 6.45) is 0.920. The number of likely N-dealkylation sites (N-methyl/N-ethyl adjacent to an activating group) is 1. The van der Waals surface area contributed by atoms with E-state index in [1.807, 2.05) is 0 Å². The molecule has 43 heavy (non-hydrogen) atoms. The van der Waals surface area contributed by atoms with Gasteiger partial charge in [-0.15, -0.1) is 0 Å². The second kappa shape index (κ2) is 10.4. The van der Waals surface area contributed by atoms with Crippen LogP contribution < -0.4 is 9.92 Å². The van der Waals surface area contributed by atoms with E-state index in [-0.39, 0.29) is 24.2 Å². The molecule has 3 aliphatic carbocycles. The summed E-state index contributed by atoms with van der Waals surface area (Å²) < 4.78 is 27.5. The zero-order valence-corrected chi connectivity index (χ0v) is 24.2. The number of benzene rings is 2. The molecule has 0 bridgehead atoms. The van der Waals surface area contributed by atoms with Crippen LogP contribution in [0.3, 0.4) is 0 Å². The van der Waals surface area contributed by atoms with Gasteiger partial charge in [-0.1, -0.05) is 11.8 Å². The largest absolute Gasteiger partial charge is 0.507 e. The van der Waals surface area contributed by atoms with Gasteiger partial charge in [-0.3, -0.25) is 28.9 Å². The summed E-state index contributed by atoms with van der Waals surface area (Å²) in [5, 5.41) is 22.3. The van der Waals surface area contributed by atoms with E-state index in [1.54, 1.807) is 12.1 Å². The molecule has 0 radical (unpaired) electrons. The van der Waals surface area contributed by atoms with Crippen LogP contribution in [0.25, 0.3) is 0 Å². The predicted octanol–water partition coefficient (Wildman–Crippen LogP) is -0.395. The van der Waals surface area contributed by atoms with E-state index in [9.17, 15) is 42.6 Å². The molecular weight excluding hydrogens is 580 g/mol. The number of amides is 1. The molecule has 2 aromatic rings. The van der Waals surface area contributed by atoms with Crippen molar-refractivity contribution in [3.8, 4) is 23.3 Å². The molecule has 0 aliphatic heterocycles. The van der Waals surface area contributed by atoms with Crippen LogP contribution in [0.15, 0.2) is 36.4 Å². The average molecular weight is 609 g/mol. The van der Waals surface area contributed by atoms with Crippen molar-refractivity contribution in [3.05, 3.63) is 58.7 Å². The molecule has 12 nitrogen and oxygen atoms in total. The Morgan fingerprint density at radius 2 is 1.70 bits per heavy atom. The van der Waals surface area contributed by atoms with Gasteiger partial charge in [0.05, 0.1) is 23.8 Å². The van der Waals surface area contributed by atoms with Crippen molar-refractivity contribution < 1.29 is 46.8 Å². The number of carbonyl (C=O) groups excluding carboxylic acids is 5. The number of ketones is 4. The van der Waals surface area contributed by atoms with Crippen molar-refractivity contribution in [2.24, 2.45) is 29.4 Å². The second-order valence-corrected chi connectivity index (χ2v) is 12.9. The van der Waals surface area contributed by atoms with Crippen molar-refractivity contribution in [1.29, 1.82) is 0 Å². The SMILES string of the molecule is CN(C)[C@@H]1C(=O)C(C(N)=O)C(=O)[C@@]2(O)C(=O)C3C(=O)c4c(O)ccc(C#Cc5ccc(OS(C)(=O)=O)cc5)c4C[C@H]3C[C@@H]12. The monoisotopic (exact) mass is 608 g/mol. The maximum absolute atomic E-state index is 13.9. The first-order valence-electron chi connectivity index (χ1n) is 13.3. The molecule has 0 aromatic heterocycles. The number of Topliss-reactive ketones (excluding diaryl/α,β-unsaturated/α-hetero) is 4. The number of aromatic hydroxyl groups is 1. The number of primary amides is 1. The van der Waals surface area contributed by atoms with Crippen molar-refractivity contribution in [3.63, 3.8) is 0 Å². The number of aliphatic hydroxyl groups is 1. The Labute approximate surface area is 246 Å². The minimum Gasteiger partial charge on any atom is -0.507 e. The molecule has 2 saturated carbocycles. The van der Waals surface area contributed by atoms with Crippen molar-refractivity contribution >= 4 is 39.2 Å². The van der Waals surface area contributed by atoms with E-state index in [0.29, 0.717) is 16.7 Å². The lowest BCUT2D eigenvalue weighted by Crippen LogP contribution is -2.74. The molecule has 2 aromatic carbocycles. The molecule has 3 aliphatic rings. The number of carbonyl (C=O) groups is 5. The highest BCUT2D eigenvalue weighted by Crippen LogP contribution is 2.50. The first-order chi connectivity index (χ1) is 20.1. The first kappa shape index (κ1) is 30.1. The van der Waals surface area contributed by atoms with E-state index in [0.717, 1.165) is 6.26 Å². The number of hydrogen-bond donors (Lipinski definition) is 3. The molecule has 0 spiro atoms. The lowest BCUT2D eigenvalue weighted by atomic mass is 9.52. The molecule has 5 rings (SSSR count). The summed E-state index contributed by atoms with van der Waals surface area (Å²) in [6.45, 7) is 0. The summed E-state index contributed by atoms with van der Waals surface area (Å²) in [7, 11) is -0.674. The highest BCUT2D eigenvalue weighted by Gasteiger charge is 2.69. The van der Waals surface area contributed by atoms with Crippen LogP contribution in [0.1, 0.15) is 33.5 Å². The number of rotatable bonds is 4. The Hall–Kier alpha value is -4.38. The molecule has 0 heterocycles. The van der Waals surface area contributed by atoms with Gasteiger partial charge in [-0.25, -0.2) is 0 Å². The fourth-order valence-electron chi connectivity index (χ4n) is 6.63. The highest BCUT2D eigenvalue weighted by molar-refractivity contribution is 7.86. The number of nitrogens with zero attached hydrogens (tertiary/aromatic N) is 1. The van der Waals surface area contributed by atoms with Gasteiger partial charge in [0.2, 0.25) is 5.91 Å². The van der Waals surface area contributed by atoms with Crippen LogP contribution >= 0.6 is 0 Å². The van der Waals surface area contributed by atoms with Gasteiger partial charge < -0.3 is 20.1 Å². The van der Waals surface area contributed by atoms with Crippen LogP contribution in [-0.4, -0.2) is 84.6 Å². The second-order valence-electron chi connectivity index (χ2n) is 11.3. The maximum Gasteiger partial charge on any atom is 0.306 e. The molecule has 4 N–H and O–H groups in total. The van der Waals surface area contributed by atoms with Gasteiger partial charge in [0.1, 0.15) is 11.5 Å². The van der Waals surface area contributed by atoms with Crippen LogP contribution in [0.2, 0.25) is 0 Å². The third kappa shape index (κ3) is 4.91. The molecule has 2 fully saturated rings. The summed E-state index contributed by atoms with van der Waals surface area (Å²) in [4.78, 5) is 67.7. The maximum atomic E-state index is 13.9. The lowest BCUT2D eigenvalue weighted by molar-refractivity contribution is -0.181. The van der Waals surface area contributed by atoms with Crippen molar-refractivity contribution in [2.45, 2.75) is 24.5 Å². The Bertz CT molecular complexity index is 1770. The zero-order chi connectivity index (χ0) is 31.6. The van der Waals surface area contributed by atoms with Gasteiger partial charge in [0.15, 0.2) is 34.7 Å². The van der Waals surface area contributed by atoms with E-state index in [1.165, 1.54) is 43.3 Å². The minimum absolute atomic E-state index is 0.0748. The van der Waals surface area contributed by atoms with Gasteiger partial charge >= 0.3 is 10.1 Å². The van der Waals surface area contributed by atoms with E-state index in [2.05, 4.69) is 11.8 Å². The summed E-state index contributed by atoms with van der Waals surface area (Å²) in [5.74, 6) is -5.28. The molecule has 2 unspecified atom stereocenters. The van der Waals surface area contributed by atoms with Gasteiger partial charge in [-0.05, 0) is 74.8 Å². The van der Waals surface area contributed by atoms with Crippen LogP contribution in [0, 0.1) is 35.5 Å². The van der Waals surface area contributed by atoms with Gasteiger partial charge in [0, 0.05) is 17.0 Å². The van der Waals surface area contributed by atoms with E-state index in [4.69, 9.17) is 9.92 Å². The highest BCUT2D eigenvalue weighted by atomic mass is 32.2. The quantitative estimate of drug-likeness (QED) is 0.232.